The molecular formula is C11H14O2S. The summed E-state index contributed by atoms with van der Waals surface area (Å²) in [6.07, 6.45) is 0. The molecule has 1 rings (SSSR count). The third-order valence-corrected chi connectivity index (χ3v) is 3.13. The summed E-state index contributed by atoms with van der Waals surface area (Å²) in [5.41, 5.74) is 2.40. The first-order chi connectivity index (χ1) is 6.59. The van der Waals surface area contributed by atoms with E-state index < -0.39 is 5.97 Å². The van der Waals surface area contributed by atoms with Crippen LogP contribution < -0.4 is 0 Å². The van der Waals surface area contributed by atoms with Crippen LogP contribution in [0, 0.1) is 6.92 Å². The lowest BCUT2D eigenvalue weighted by Gasteiger charge is -2.06. The van der Waals surface area contributed by atoms with Gasteiger partial charge in [-0.05, 0) is 19.4 Å². The lowest BCUT2D eigenvalue weighted by atomic mass is 10.2. The molecule has 0 amide bonds. The van der Waals surface area contributed by atoms with Gasteiger partial charge in [0.05, 0.1) is 5.25 Å². The zero-order valence-electron chi connectivity index (χ0n) is 8.36. The van der Waals surface area contributed by atoms with Gasteiger partial charge in [0.2, 0.25) is 0 Å². The maximum Gasteiger partial charge on any atom is 0.316 e. The summed E-state index contributed by atoms with van der Waals surface area (Å²) in [7, 11) is 0. The fourth-order valence-electron chi connectivity index (χ4n) is 1.09. The predicted molar refractivity (Wildman–Crippen MR) is 59.6 cm³/mol. The minimum atomic E-state index is -0.748. The van der Waals surface area contributed by atoms with Crippen LogP contribution in [0.25, 0.3) is 0 Å². The second-order valence-corrected chi connectivity index (χ2v) is 4.61. The van der Waals surface area contributed by atoms with Gasteiger partial charge in [-0.2, -0.15) is 0 Å². The van der Waals surface area contributed by atoms with Gasteiger partial charge in [0.25, 0.3) is 0 Å². The molecule has 3 heteroatoms. The molecule has 0 aliphatic rings. The Bertz CT molecular complexity index is 323. The molecule has 14 heavy (non-hydrogen) atoms. The minimum absolute atomic E-state index is 0.337. The van der Waals surface area contributed by atoms with Crippen LogP contribution in [0.4, 0.5) is 0 Å². The van der Waals surface area contributed by atoms with Crippen molar-refractivity contribution >= 4 is 17.7 Å². The SMILES string of the molecule is Cc1cccc(CSC(C)C(=O)O)c1. The van der Waals surface area contributed by atoms with Crippen LogP contribution in [0.3, 0.4) is 0 Å². The first kappa shape index (κ1) is 11.1. The third-order valence-electron chi connectivity index (χ3n) is 1.93. The van der Waals surface area contributed by atoms with E-state index in [1.165, 1.54) is 22.9 Å². The Balaban J connectivity index is 2.49. The lowest BCUT2D eigenvalue weighted by Crippen LogP contribution is -2.11. The highest BCUT2D eigenvalue weighted by Gasteiger charge is 2.10. The van der Waals surface area contributed by atoms with E-state index in [9.17, 15) is 4.79 Å². The van der Waals surface area contributed by atoms with E-state index >= 15 is 0 Å². The molecule has 1 unspecified atom stereocenters. The van der Waals surface area contributed by atoms with Crippen LogP contribution >= 0.6 is 11.8 Å². The van der Waals surface area contributed by atoms with Gasteiger partial charge in [0, 0.05) is 5.75 Å². The fraction of sp³-hybridized carbons (Fsp3) is 0.364. The van der Waals surface area contributed by atoms with Crippen molar-refractivity contribution in [1.82, 2.24) is 0 Å². The number of hydrogen-bond donors (Lipinski definition) is 1. The lowest BCUT2D eigenvalue weighted by molar-refractivity contribution is -0.136. The number of aryl methyl sites for hydroxylation is 1. The summed E-state index contributed by atoms with van der Waals surface area (Å²) in [5.74, 6) is 0.0115. The van der Waals surface area contributed by atoms with Crippen molar-refractivity contribution in [2.45, 2.75) is 24.9 Å². The molecule has 0 aliphatic heterocycles. The fourth-order valence-corrected chi connectivity index (χ4v) is 1.86. The number of carboxylic acids is 1. The number of rotatable bonds is 4. The molecule has 0 radical (unpaired) electrons. The largest absolute Gasteiger partial charge is 0.480 e. The average molecular weight is 210 g/mol. The average Bonchev–Trinajstić information content (AvgIpc) is 2.14. The van der Waals surface area contributed by atoms with Crippen LogP contribution in [0.15, 0.2) is 24.3 Å². The zero-order valence-corrected chi connectivity index (χ0v) is 9.17. The summed E-state index contributed by atoms with van der Waals surface area (Å²) >= 11 is 1.45. The molecule has 1 N–H and O–H groups in total. The summed E-state index contributed by atoms with van der Waals surface area (Å²) in [4.78, 5) is 10.6. The normalized spacial score (nSPS) is 12.4. The van der Waals surface area contributed by atoms with Crippen molar-refractivity contribution in [2.75, 3.05) is 0 Å². The van der Waals surface area contributed by atoms with Gasteiger partial charge in [0.1, 0.15) is 0 Å². The molecule has 0 aliphatic carbocycles. The highest BCUT2D eigenvalue weighted by atomic mass is 32.2. The molecule has 1 aromatic rings. The van der Waals surface area contributed by atoms with Gasteiger partial charge in [-0.25, -0.2) is 0 Å². The second kappa shape index (κ2) is 5.05. The number of thioether (sulfide) groups is 1. The quantitative estimate of drug-likeness (QED) is 0.830. The van der Waals surface area contributed by atoms with E-state index in [4.69, 9.17) is 5.11 Å². The summed E-state index contributed by atoms with van der Waals surface area (Å²) < 4.78 is 0. The van der Waals surface area contributed by atoms with Crippen molar-refractivity contribution in [3.8, 4) is 0 Å². The van der Waals surface area contributed by atoms with Gasteiger partial charge in [-0.1, -0.05) is 29.8 Å². The molecule has 0 fully saturated rings. The Morgan fingerprint density at radius 2 is 2.29 bits per heavy atom. The Hall–Kier alpha value is -0.960. The summed E-state index contributed by atoms with van der Waals surface area (Å²) in [6, 6.07) is 8.14. The topological polar surface area (TPSA) is 37.3 Å². The molecular weight excluding hydrogens is 196 g/mol. The van der Waals surface area contributed by atoms with Crippen LogP contribution in [-0.2, 0) is 10.5 Å². The van der Waals surface area contributed by atoms with Crippen molar-refractivity contribution < 1.29 is 9.90 Å². The molecule has 0 spiro atoms. The first-order valence-corrected chi connectivity index (χ1v) is 5.54. The molecule has 0 aromatic heterocycles. The Morgan fingerprint density at radius 3 is 2.86 bits per heavy atom. The van der Waals surface area contributed by atoms with E-state index in [1.807, 2.05) is 25.1 Å². The van der Waals surface area contributed by atoms with Crippen LogP contribution in [0.5, 0.6) is 0 Å². The zero-order chi connectivity index (χ0) is 10.6. The molecule has 0 bridgehead atoms. The number of benzene rings is 1. The Labute approximate surface area is 88.3 Å². The van der Waals surface area contributed by atoms with Crippen molar-refractivity contribution in [2.24, 2.45) is 0 Å². The predicted octanol–water partition coefficient (Wildman–Crippen LogP) is 2.70. The van der Waals surface area contributed by atoms with Crippen molar-refractivity contribution in [1.29, 1.82) is 0 Å². The van der Waals surface area contributed by atoms with Gasteiger partial charge in [0.15, 0.2) is 0 Å². The number of aliphatic carboxylic acids is 1. The van der Waals surface area contributed by atoms with Crippen molar-refractivity contribution in [3.63, 3.8) is 0 Å². The number of carbonyl (C=O) groups is 1. The maximum atomic E-state index is 10.6. The number of carboxylic acid groups (broad SMARTS) is 1. The van der Waals surface area contributed by atoms with Crippen LogP contribution in [-0.4, -0.2) is 16.3 Å². The van der Waals surface area contributed by atoms with Gasteiger partial charge in [-0.15, -0.1) is 11.8 Å². The smallest absolute Gasteiger partial charge is 0.316 e. The molecule has 1 aromatic carbocycles. The van der Waals surface area contributed by atoms with Crippen LogP contribution in [0.2, 0.25) is 0 Å². The first-order valence-electron chi connectivity index (χ1n) is 4.49. The second-order valence-electron chi connectivity index (χ2n) is 3.28. The molecule has 0 saturated carbocycles. The van der Waals surface area contributed by atoms with E-state index in [-0.39, 0.29) is 5.25 Å². The molecule has 1 atom stereocenters. The van der Waals surface area contributed by atoms with Gasteiger partial charge < -0.3 is 5.11 Å². The maximum absolute atomic E-state index is 10.6. The highest BCUT2D eigenvalue weighted by Crippen LogP contribution is 2.18. The van der Waals surface area contributed by atoms with E-state index in [1.54, 1.807) is 6.92 Å². The highest BCUT2D eigenvalue weighted by molar-refractivity contribution is 7.99. The number of hydrogen-bond acceptors (Lipinski definition) is 2. The third kappa shape index (κ3) is 3.42. The van der Waals surface area contributed by atoms with E-state index in [2.05, 4.69) is 6.07 Å². The summed E-state index contributed by atoms with van der Waals surface area (Å²) in [6.45, 7) is 3.75. The summed E-state index contributed by atoms with van der Waals surface area (Å²) in [5, 5.41) is 8.36. The van der Waals surface area contributed by atoms with E-state index in [0.29, 0.717) is 0 Å². The monoisotopic (exact) mass is 210 g/mol. The minimum Gasteiger partial charge on any atom is -0.480 e. The molecule has 0 heterocycles. The van der Waals surface area contributed by atoms with Gasteiger partial charge in [-0.3, -0.25) is 4.79 Å². The Kier molecular flexibility index (Phi) is 4.01. The molecule has 2 nitrogen and oxygen atoms in total. The van der Waals surface area contributed by atoms with Crippen molar-refractivity contribution in [3.05, 3.63) is 35.4 Å². The standard InChI is InChI=1S/C11H14O2S/c1-8-4-3-5-10(6-8)7-14-9(2)11(12)13/h3-6,9H,7H2,1-2H3,(H,12,13). The molecule has 76 valence electrons. The van der Waals surface area contributed by atoms with Gasteiger partial charge >= 0.3 is 5.97 Å². The Morgan fingerprint density at radius 1 is 1.57 bits per heavy atom. The van der Waals surface area contributed by atoms with Crippen LogP contribution in [0.1, 0.15) is 18.1 Å². The van der Waals surface area contributed by atoms with E-state index in [0.717, 1.165) is 5.75 Å². The molecule has 0 saturated heterocycles.